The summed E-state index contributed by atoms with van der Waals surface area (Å²) in [5, 5.41) is 0. The Hall–Kier alpha value is -1.45. The van der Waals surface area contributed by atoms with Crippen LogP contribution in [0, 0.1) is 11.3 Å². The average molecular weight is 291 g/mol. The zero-order valence-corrected chi connectivity index (χ0v) is 13.9. The van der Waals surface area contributed by atoms with E-state index in [0.717, 1.165) is 31.2 Å². The number of aromatic nitrogens is 1. The standard InChI is InChI=1S/C17H29N3O/c1-5-12-21-16-14(18)6-7-15(19-16)20-10-8-13(9-11-20)17(2,3)4/h6-7,13H,5,8-12,18H2,1-4H3. The third kappa shape index (κ3) is 4.02. The first-order chi connectivity index (χ1) is 9.91. The van der Waals surface area contributed by atoms with Crippen LogP contribution >= 0.6 is 0 Å². The quantitative estimate of drug-likeness (QED) is 0.918. The minimum absolute atomic E-state index is 0.399. The van der Waals surface area contributed by atoms with Gasteiger partial charge in [-0.3, -0.25) is 0 Å². The second kappa shape index (κ2) is 6.54. The van der Waals surface area contributed by atoms with Crippen molar-refractivity contribution >= 4 is 11.5 Å². The first kappa shape index (κ1) is 15.9. The number of pyridine rings is 1. The highest BCUT2D eigenvalue weighted by Crippen LogP contribution is 2.35. The number of nitrogens with zero attached hydrogens (tertiary/aromatic N) is 2. The second-order valence-corrected chi connectivity index (χ2v) is 7.04. The van der Waals surface area contributed by atoms with Crippen molar-refractivity contribution in [1.29, 1.82) is 0 Å². The summed E-state index contributed by atoms with van der Waals surface area (Å²) in [7, 11) is 0. The smallest absolute Gasteiger partial charge is 0.239 e. The van der Waals surface area contributed by atoms with Crippen LogP contribution in [0.25, 0.3) is 0 Å². The van der Waals surface area contributed by atoms with Crippen molar-refractivity contribution in [3.05, 3.63) is 12.1 Å². The Bertz CT molecular complexity index is 460. The lowest BCUT2D eigenvalue weighted by Crippen LogP contribution is -2.38. The highest BCUT2D eigenvalue weighted by atomic mass is 16.5. The van der Waals surface area contributed by atoms with Crippen LogP contribution in [0.4, 0.5) is 11.5 Å². The molecule has 2 rings (SSSR count). The molecule has 0 atom stereocenters. The number of hydrogen-bond donors (Lipinski definition) is 1. The topological polar surface area (TPSA) is 51.4 Å². The molecule has 118 valence electrons. The third-order valence-electron chi connectivity index (χ3n) is 4.36. The van der Waals surface area contributed by atoms with E-state index in [-0.39, 0.29) is 0 Å². The monoisotopic (exact) mass is 291 g/mol. The van der Waals surface area contributed by atoms with E-state index in [4.69, 9.17) is 10.5 Å². The lowest BCUT2D eigenvalue weighted by atomic mass is 9.75. The zero-order chi connectivity index (χ0) is 15.5. The number of rotatable bonds is 4. The summed E-state index contributed by atoms with van der Waals surface area (Å²) in [6, 6.07) is 3.91. The van der Waals surface area contributed by atoms with Gasteiger partial charge in [-0.1, -0.05) is 27.7 Å². The van der Waals surface area contributed by atoms with Crippen molar-refractivity contribution in [2.45, 2.75) is 47.0 Å². The fourth-order valence-corrected chi connectivity index (χ4v) is 2.91. The first-order valence-corrected chi connectivity index (χ1v) is 8.06. The lowest BCUT2D eigenvalue weighted by Gasteiger charge is -2.39. The van der Waals surface area contributed by atoms with Gasteiger partial charge in [0.25, 0.3) is 0 Å². The molecule has 0 spiro atoms. The number of anilines is 2. The second-order valence-electron chi connectivity index (χ2n) is 7.04. The molecule has 2 heterocycles. The SMILES string of the molecule is CCCOc1nc(N2CCC(C(C)(C)C)CC2)ccc1N. The maximum absolute atomic E-state index is 5.93. The zero-order valence-electron chi connectivity index (χ0n) is 13.9. The number of ether oxygens (including phenoxy) is 1. The molecule has 1 aromatic rings. The summed E-state index contributed by atoms with van der Waals surface area (Å²) < 4.78 is 5.63. The number of piperidine rings is 1. The van der Waals surface area contributed by atoms with E-state index in [1.165, 1.54) is 12.8 Å². The van der Waals surface area contributed by atoms with Crippen LogP contribution in [-0.4, -0.2) is 24.7 Å². The summed E-state index contributed by atoms with van der Waals surface area (Å²) in [6.45, 7) is 11.9. The summed E-state index contributed by atoms with van der Waals surface area (Å²) >= 11 is 0. The molecular formula is C17H29N3O. The predicted molar refractivity (Wildman–Crippen MR) is 88.8 cm³/mol. The van der Waals surface area contributed by atoms with Gasteiger partial charge in [-0.05, 0) is 42.7 Å². The Kier molecular flexibility index (Phi) is 4.96. The Morgan fingerprint density at radius 3 is 2.52 bits per heavy atom. The van der Waals surface area contributed by atoms with E-state index < -0.39 is 0 Å². The molecule has 1 aliphatic heterocycles. The molecule has 21 heavy (non-hydrogen) atoms. The van der Waals surface area contributed by atoms with Crippen molar-refractivity contribution in [3.8, 4) is 5.88 Å². The van der Waals surface area contributed by atoms with Crippen molar-refractivity contribution in [2.24, 2.45) is 11.3 Å². The number of nitrogens with two attached hydrogens (primary N) is 1. The van der Waals surface area contributed by atoms with Crippen LogP contribution in [0.3, 0.4) is 0 Å². The maximum Gasteiger partial charge on any atom is 0.239 e. The summed E-state index contributed by atoms with van der Waals surface area (Å²) in [5.41, 5.74) is 6.95. The molecule has 0 bridgehead atoms. The van der Waals surface area contributed by atoms with Gasteiger partial charge in [0.1, 0.15) is 5.82 Å². The van der Waals surface area contributed by atoms with Crippen LogP contribution in [0.2, 0.25) is 0 Å². The molecule has 0 amide bonds. The number of nitrogen functional groups attached to an aromatic ring is 1. The van der Waals surface area contributed by atoms with Gasteiger partial charge in [0.05, 0.1) is 12.3 Å². The van der Waals surface area contributed by atoms with Gasteiger partial charge in [-0.25, -0.2) is 0 Å². The predicted octanol–water partition coefficient (Wildman–Crippen LogP) is 3.72. The van der Waals surface area contributed by atoms with Crippen molar-refractivity contribution in [2.75, 3.05) is 30.3 Å². The van der Waals surface area contributed by atoms with E-state index in [9.17, 15) is 0 Å². The summed E-state index contributed by atoms with van der Waals surface area (Å²) in [5.74, 6) is 2.35. The van der Waals surface area contributed by atoms with Gasteiger partial charge >= 0.3 is 0 Å². The first-order valence-electron chi connectivity index (χ1n) is 8.06. The molecular weight excluding hydrogens is 262 g/mol. The summed E-state index contributed by atoms with van der Waals surface area (Å²) in [6.07, 6.45) is 3.41. The Labute approximate surface area is 128 Å². The molecule has 2 N–H and O–H groups in total. The minimum Gasteiger partial charge on any atom is -0.476 e. The van der Waals surface area contributed by atoms with Gasteiger partial charge < -0.3 is 15.4 Å². The molecule has 0 aromatic carbocycles. The van der Waals surface area contributed by atoms with Crippen molar-refractivity contribution < 1.29 is 4.74 Å². The highest BCUT2D eigenvalue weighted by Gasteiger charge is 2.29. The van der Waals surface area contributed by atoms with E-state index in [1.54, 1.807) is 0 Å². The third-order valence-corrected chi connectivity index (χ3v) is 4.36. The Morgan fingerprint density at radius 2 is 1.95 bits per heavy atom. The van der Waals surface area contributed by atoms with E-state index in [1.807, 2.05) is 12.1 Å². The van der Waals surface area contributed by atoms with Gasteiger partial charge in [0.2, 0.25) is 5.88 Å². The molecule has 1 aromatic heterocycles. The van der Waals surface area contributed by atoms with Crippen LogP contribution in [0.15, 0.2) is 12.1 Å². The van der Waals surface area contributed by atoms with E-state index in [2.05, 4.69) is 37.6 Å². The van der Waals surface area contributed by atoms with E-state index >= 15 is 0 Å². The van der Waals surface area contributed by atoms with Crippen LogP contribution in [0.5, 0.6) is 5.88 Å². The van der Waals surface area contributed by atoms with Gasteiger partial charge in [0.15, 0.2) is 0 Å². The normalized spacial score (nSPS) is 17.0. The van der Waals surface area contributed by atoms with Gasteiger partial charge in [-0.2, -0.15) is 4.98 Å². The molecule has 0 radical (unpaired) electrons. The van der Waals surface area contributed by atoms with Crippen LogP contribution in [0.1, 0.15) is 47.0 Å². The van der Waals surface area contributed by atoms with Crippen LogP contribution in [-0.2, 0) is 0 Å². The molecule has 4 heteroatoms. The molecule has 0 unspecified atom stereocenters. The van der Waals surface area contributed by atoms with E-state index in [0.29, 0.717) is 23.6 Å². The molecule has 0 saturated carbocycles. The van der Waals surface area contributed by atoms with Crippen molar-refractivity contribution in [1.82, 2.24) is 4.98 Å². The minimum atomic E-state index is 0.399. The molecule has 1 saturated heterocycles. The number of hydrogen-bond acceptors (Lipinski definition) is 4. The Morgan fingerprint density at radius 1 is 1.29 bits per heavy atom. The van der Waals surface area contributed by atoms with Gasteiger partial charge in [0, 0.05) is 13.1 Å². The fraction of sp³-hybridized carbons (Fsp3) is 0.706. The summed E-state index contributed by atoms with van der Waals surface area (Å²) in [4.78, 5) is 6.95. The molecule has 1 fully saturated rings. The lowest BCUT2D eigenvalue weighted by molar-refractivity contribution is 0.198. The molecule has 1 aliphatic rings. The van der Waals surface area contributed by atoms with Crippen molar-refractivity contribution in [3.63, 3.8) is 0 Å². The molecule has 0 aliphatic carbocycles. The van der Waals surface area contributed by atoms with Gasteiger partial charge in [-0.15, -0.1) is 0 Å². The molecule has 4 nitrogen and oxygen atoms in total. The highest BCUT2D eigenvalue weighted by molar-refractivity contribution is 5.54. The Balaban J connectivity index is 2.03. The van der Waals surface area contributed by atoms with Crippen LogP contribution < -0.4 is 15.4 Å². The fourth-order valence-electron chi connectivity index (χ4n) is 2.91. The largest absolute Gasteiger partial charge is 0.476 e. The maximum atomic E-state index is 5.93. The average Bonchev–Trinajstić information content (AvgIpc) is 2.46.